The summed E-state index contributed by atoms with van der Waals surface area (Å²) in [5.74, 6) is -0.625. The Morgan fingerprint density at radius 1 is 1.25 bits per heavy atom. The van der Waals surface area contributed by atoms with Gasteiger partial charge in [-0.15, -0.1) is 0 Å². The lowest BCUT2D eigenvalue weighted by Gasteiger charge is -2.08. The van der Waals surface area contributed by atoms with Crippen molar-refractivity contribution < 1.29 is 22.4 Å². The molecule has 0 heterocycles. The van der Waals surface area contributed by atoms with Crippen LogP contribution in [0.4, 0.5) is 17.6 Å². The molecule has 0 amide bonds. The van der Waals surface area contributed by atoms with E-state index in [0.717, 1.165) is 19.1 Å². The predicted octanol–water partition coefficient (Wildman–Crippen LogP) is 3.18. The minimum Gasteiger partial charge on any atom is -0.297 e. The van der Waals surface area contributed by atoms with Crippen molar-refractivity contribution in [1.82, 2.24) is 0 Å². The van der Waals surface area contributed by atoms with Crippen LogP contribution in [0.1, 0.15) is 18.1 Å². The minimum atomic E-state index is -4.39. The van der Waals surface area contributed by atoms with E-state index in [1.807, 2.05) is 0 Å². The monoisotopic (exact) mass is 234 g/mol. The Morgan fingerprint density at radius 3 is 2.12 bits per heavy atom. The number of halogens is 4. The molecule has 16 heavy (non-hydrogen) atoms. The third-order valence-corrected chi connectivity index (χ3v) is 2.14. The van der Waals surface area contributed by atoms with Crippen molar-refractivity contribution in [3.63, 3.8) is 0 Å². The number of ketones is 1. The maximum absolute atomic E-state index is 13.0. The molecule has 1 rings (SSSR count). The number of hydrogen-bond acceptors (Lipinski definition) is 1. The molecule has 0 spiro atoms. The first-order valence-electron chi connectivity index (χ1n) is 4.61. The fourth-order valence-electron chi connectivity index (χ4n) is 1.18. The van der Waals surface area contributed by atoms with E-state index in [1.54, 1.807) is 0 Å². The van der Waals surface area contributed by atoms with Gasteiger partial charge in [0.15, 0.2) is 12.0 Å². The van der Waals surface area contributed by atoms with Crippen molar-refractivity contribution in [2.75, 3.05) is 0 Å². The Kier molecular flexibility index (Phi) is 3.67. The molecule has 0 fully saturated rings. The van der Waals surface area contributed by atoms with Gasteiger partial charge in [-0.1, -0.05) is 12.1 Å². The summed E-state index contributed by atoms with van der Waals surface area (Å²) in [6.45, 7) is 1.11. The number of alkyl halides is 4. The van der Waals surface area contributed by atoms with Gasteiger partial charge in [0.05, 0.1) is 5.56 Å². The summed E-state index contributed by atoms with van der Waals surface area (Å²) in [7, 11) is 0. The average molecular weight is 234 g/mol. The first-order valence-corrected chi connectivity index (χ1v) is 4.61. The van der Waals surface area contributed by atoms with Crippen LogP contribution in [0.25, 0.3) is 0 Å². The Hall–Kier alpha value is -1.39. The second-order valence-electron chi connectivity index (χ2n) is 3.48. The lowest BCUT2D eigenvalue weighted by molar-refractivity contribution is -0.137. The van der Waals surface area contributed by atoms with Crippen LogP contribution in [0, 0.1) is 0 Å². The quantitative estimate of drug-likeness (QED) is 0.734. The van der Waals surface area contributed by atoms with Crippen molar-refractivity contribution >= 4 is 5.78 Å². The first-order chi connectivity index (χ1) is 7.30. The van der Waals surface area contributed by atoms with E-state index in [4.69, 9.17) is 0 Å². The van der Waals surface area contributed by atoms with Crippen molar-refractivity contribution in [2.24, 2.45) is 0 Å². The van der Waals surface area contributed by atoms with Gasteiger partial charge in [0.25, 0.3) is 0 Å². The first kappa shape index (κ1) is 12.7. The molecule has 1 aromatic rings. The molecule has 0 aliphatic rings. The zero-order valence-electron chi connectivity index (χ0n) is 8.51. The van der Waals surface area contributed by atoms with E-state index < -0.39 is 23.7 Å². The Bertz CT molecular complexity index is 367. The van der Waals surface area contributed by atoms with Crippen LogP contribution >= 0.6 is 0 Å². The molecule has 0 aliphatic heterocycles. The second kappa shape index (κ2) is 4.63. The van der Waals surface area contributed by atoms with Gasteiger partial charge in [-0.2, -0.15) is 13.2 Å². The van der Waals surface area contributed by atoms with Crippen molar-refractivity contribution in [2.45, 2.75) is 25.7 Å². The smallest absolute Gasteiger partial charge is 0.297 e. The molecule has 1 aromatic carbocycles. The summed E-state index contributed by atoms with van der Waals surface area (Å²) in [5.41, 5.74) is -0.412. The number of Topliss-reactive ketones (excluding diaryl/α,β-unsaturated/α-hetero) is 1. The van der Waals surface area contributed by atoms with Crippen molar-refractivity contribution in [3.8, 4) is 0 Å². The predicted molar refractivity (Wildman–Crippen MR) is 50.7 cm³/mol. The van der Waals surface area contributed by atoms with Crippen LogP contribution in [0.5, 0.6) is 0 Å². The average Bonchev–Trinajstić information content (AvgIpc) is 2.17. The number of hydrogen-bond donors (Lipinski definition) is 0. The molecule has 1 nitrogen and oxygen atoms in total. The fourth-order valence-corrected chi connectivity index (χ4v) is 1.18. The van der Waals surface area contributed by atoms with Crippen LogP contribution in [0.3, 0.4) is 0 Å². The summed E-state index contributed by atoms with van der Waals surface area (Å²) in [6, 6.07) is 4.11. The number of carbonyl (C=O) groups is 1. The number of benzene rings is 1. The highest BCUT2D eigenvalue weighted by atomic mass is 19.4. The third kappa shape index (κ3) is 3.32. The molecule has 0 N–H and O–H groups in total. The van der Waals surface area contributed by atoms with E-state index in [1.165, 1.54) is 12.1 Å². The maximum Gasteiger partial charge on any atom is 0.416 e. The molecule has 0 unspecified atom stereocenters. The van der Waals surface area contributed by atoms with E-state index in [0.29, 0.717) is 5.56 Å². The van der Waals surface area contributed by atoms with E-state index in [9.17, 15) is 22.4 Å². The molecular weight excluding hydrogens is 224 g/mol. The van der Waals surface area contributed by atoms with Gasteiger partial charge < -0.3 is 0 Å². The van der Waals surface area contributed by atoms with Gasteiger partial charge in [0, 0.05) is 6.42 Å². The molecule has 1 atom stereocenters. The van der Waals surface area contributed by atoms with Gasteiger partial charge in [0.2, 0.25) is 0 Å². The second-order valence-corrected chi connectivity index (χ2v) is 3.48. The van der Waals surface area contributed by atoms with E-state index in [2.05, 4.69) is 0 Å². The summed E-state index contributed by atoms with van der Waals surface area (Å²) >= 11 is 0. The molecule has 0 saturated carbocycles. The molecule has 5 heteroatoms. The molecule has 0 radical (unpaired) electrons. The van der Waals surface area contributed by atoms with Gasteiger partial charge in [0.1, 0.15) is 0 Å². The van der Waals surface area contributed by atoms with Crippen LogP contribution in [-0.4, -0.2) is 12.0 Å². The maximum atomic E-state index is 13.0. The number of rotatable bonds is 3. The van der Waals surface area contributed by atoms with Gasteiger partial charge in [-0.05, 0) is 24.6 Å². The highest BCUT2D eigenvalue weighted by Crippen LogP contribution is 2.29. The fraction of sp³-hybridized carbons (Fsp3) is 0.364. The Balaban J connectivity index is 2.76. The number of carbonyl (C=O) groups excluding carboxylic acids is 1. The minimum absolute atomic E-state index is 0.187. The van der Waals surface area contributed by atoms with E-state index >= 15 is 0 Å². The molecule has 0 bridgehead atoms. The molecular formula is C11H10F4O. The summed E-state index contributed by atoms with van der Waals surface area (Å²) in [4.78, 5) is 10.6. The van der Waals surface area contributed by atoms with Crippen molar-refractivity contribution in [3.05, 3.63) is 35.4 Å². The lowest BCUT2D eigenvalue weighted by atomic mass is 10.0. The van der Waals surface area contributed by atoms with Crippen LogP contribution in [-0.2, 0) is 17.4 Å². The lowest BCUT2D eigenvalue weighted by Crippen LogP contribution is -2.14. The zero-order valence-corrected chi connectivity index (χ0v) is 8.51. The van der Waals surface area contributed by atoms with Gasteiger partial charge >= 0.3 is 6.18 Å². The summed E-state index contributed by atoms with van der Waals surface area (Å²) < 4.78 is 49.5. The zero-order chi connectivity index (χ0) is 12.3. The van der Waals surface area contributed by atoms with Crippen LogP contribution < -0.4 is 0 Å². The summed E-state index contributed by atoms with van der Waals surface area (Å²) in [5, 5.41) is 0. The highest BCUT2D eigenvalue weighted by molar-refractivity contribution is 5.80. The Morgan fingerprint density at radius 2 is 1.75 bits per heavy atom. The SMILES string of the molecule is CC(=O)[C@@H](F)Cc1ccc(C(F)(F)F)cc1. The topological polar surface area (TPSA) is 17.1 Å². The van der Waals surface area contributed by atoms with Crippen LogP contribution in [0.15, 0.2) is 24.3 Å². The van der Waals surface area contributed by atoms with Gasteiger partial charge in [-0.3, -0.25) is 4.79 Å². The third-order valence-electron chi connectivity index (χ3n) is 2.14. The Labute approximate surface area is 90.1 Å². The normalized spacial score (nSPS) is 13.6. The van der Waals surface area contributed by atoms with Crippen molar-refractivity contribution in [1.29, 1.82) is 0 Å². The van der Waals surface area contributed by atoms with E-state index in [-0.39, 0.29) is 6.42 Å². The largest absolute Gasteiger partial charge is 0.416 e. The highest BCUT2D eigenvalue weighted by Gasteiger charge is 2.30. The molecule has 88 valence electrons. The summed E-state index contributed by atoms with van der Waals surface area (Å²) in [6.07, 6.45) is -6.24. The van der Waals surface area contributed by atoms with Crippen LogP contribution in [0.2, 0.25) is 0 Å². The standard InChI is InChI=1S/C11H10F4O/c1-7(16)10(12)6-8-2-4-9(5-3-8)11(13,14)15/h2-5,10H,6H2,1H3/t10-/m0/s1. The molecule has 0 saturated heterocycles. The molecule has 0 aliphatic carbocycles. The molecule has 0 aromatic heterocycles. The van der Waals surface area contributed by atoms with Gasteiger partial charge in [-0.25, -0.2) is 4.39 Å².